The smallest absolute Gasteiger partial charge is 0.548 e. The van der Waals surface area contributed by atoms with E-state index < -0.39 is 24.5 Å². The van der Waals surface area contributed by atoms with Gasteiger partial charge in [-0.3, -0.25) is 4.79 Å². The predicted octanol–water partition coefficient (Wildman–Crippen LogP) is 0.630. The predicted molar refractivity (Wildman–Crippen MR) is 125 cm³/mol. The molecule has 4 aromatic rings. The first kappa shape index (κ1) is 26.4. The summed E-state index contributed by atoms with van der Waals surface area (Å²) in [5, 5.41) is 11.7. The number of ether oxygens (including phenoxy) is 2. The molecule has 0 aliphatic rings. The molecular formula is C25H19ClN3NaO5. The Balaban J connectivity index is 0.00000342. The minimum Gasteiger partial charge on any atom is -0.548 e. The van der Waals surface area contributed by atoms with E-state index in [4.69, 9.17) is 21.1 Å². The third-order valence-corrected chi connectivity index (χ3v) is 5.05. The van der Waals surface area contributed by atoms with Crippen molar-refractivity contribution in [1.82, 2.24) is 9.97 Å². The van der Waals surface area contributed by atoms with Gasteiger partial charge in [-0.1, -0.05) is 29.8 Å². The number of aromatic nitrogens is 2. The number of fused-ring (bicyclic) bond motifs is 1. The molecule has 1 unspecified atom stereocenters. The number of hydrogen-bond acceptors (Lipinski definition) is 7. The van der Waals surface area contributed by atoms with Crippen LogP contribution in [0, 0.1) is 0 Å². The molecule has 0 aliphatic heterocycles. The van der Waals surface area contributed by atoms with Crippen LogP contribution in [0.15, 0.2) is 79.0 Å². The Morgan fingerprint density at radius 3 is 2.37 bits per heavy atom. The van der Waals surface area contributed by atoms with Gasteiger partial charge in [0.2, 0.25) is 5.88 Å². The molecule has 0 aliphatic carbocycles. The molecule has 1 aromatic heterocycles. The average molecular weight is 500 g/mol. The molecule has 0 saturated heterocycles. The molecule has 0 fully saturated rings. The molecule has 0 bridgehead atoms. The number of carbonyl (C=O) groups is 2. The summed E-state index contributed by atoms with van der Waals surface area (Å²) in [4.78, 5) is 33.9. The van der Waals surface area contributed by atoms with E-state index in [-0.39, 0.29) is 29.6 Å². The van der Waals surface area contributed by atoms with Crippen LogP contribution in [-0.4, -0.2) is 34.5 Å². The maximum atomic E-state index is 12.9. The van der Waals surface area contributed by atoms with Gasteiger partial charge in [-0.2, -0.15) is 0 Å². The van der Waals surface area contributed by atoms with Crippen molar-refractivity contribution in [2.75, 3.05) is 11.4 Å². The van der Waals surface area contributed by atoms with Gasteiger partial charge in [0.05, 0.1) is 29.7 Å². The minimum absolute atomic E-state index is 0. The van der Waals surface area contributed by atoms with E-state index in [1.807, 2.05) is 0 Å². The van der Waals surface area contributed by atoms with Crippen molar-refractivity contribution >= 4 is 40.2 Å². The van der Waals surface area contributed by atoms with Crippen LogP contribution in [0.3, 0.4) is 0 Å². The van der Waals surface area contributed by atoms with E-state index in [1.165, 1.54) is 6.20 Å². The van der Waals surface area contributed by atoms with Crippen molar-refractivity contribution < 1.29 is 53.7 Å². The van der Waals surface area contributed by atoms with Gasteiger partial charge in [0.15, 0.2) is 6.10 Å². The first-order valence-corrected chi connectivity index (χ1v) is 10.7. The fraction of sp³-hybridized carbons (Fsp3) is 0.120. The summed E-state index contributed by atoms with van der Waals surface area (Å²) in [5.41, 5.74) is 1.74. The SMILES string of the molecule is CC(Oc1ccc(Oc2cnc3cc(Cl)ccc3n2)cc1)C(=O)N(CC(=O)[O-])c1ccccc1.[Na+]. The van der Waals surface area contributed by atoms with Crippen molar-refractivity contribution in [2.24, 2.45) is 0 Å². The molecule has 0 spiro atoms. The number of amides is 1. The number of carboxylic acid groups (broad SMARTS) is 1. The number of anilines is 1. The monoisotopic (exact) mass is 499 g/mol. The summed E-state index contributed by atoms with van der Waals surface area (Å²) in [6.45, 7) is 0.969. The number of hydrogen-bond donors (Lipinski definition) is 0. The number of carbonyl (C=O) groups excluding carboxylic acids is 2. The van der Waals surface area contributed by atoms with Gasteiger partial charge < -0.3 is 24.3 Å². The van der Waals surface area contributed by atoms with Crippen molar-refractivity contribution in [2.45, 2.75) is 13.0 Å². The first-order chi connectivity index (χ1) is 16.4. The number of benzene rings is 3. The molecule has 1 atom stereocenters. The van der Waals surface area contributed by atoms with Gasteiger partial charge in [-0.05, 0) is 61.5 Å². The Labute approximate surface area is 228 Å². The van der Waals surface area contributed by atoms with Crippen LogP contribution in [0.1, 0.15) is 6.92 Å². The van der Waals surface area contributed by atoms with E-state index >= 15 is 0 Å². The standard InChI is InChI=1S/C25H20ClN3O5.Na/c1-16(25(32)29(15-24(30)31)18-5-3-2-4-6-18)33-19-8-10-20(11-9-19)34-23-14-27-22-13-17(26)7-12-21(22)28-23;/h2-14,16H,15H2,1H3,(H,30,31);/q;+1/p-1. The van der Waals surface area contributed by atoms with E-state index in [2.05, 4.69) is 9.97 Å². The summed E-state index contributed by atoms with van der Waals surface area (Å²) in [6.07, 6.45) is 0.559. The second-order valence-corrected chi connectivity index (χ2v) is 7.74. The Kier molecular flexibility index (Phi) is 9.06. The molecule has 8 nitrogen and oxygen atoms in total. The van der Waals surface area contributed by atoms with Gasteiger partial charge in [0.1, 0.15) is 11.5 Å². The molecule has 3 aromatic carbocycles. The molecule has 1 amide bonds. The number of rotatable bonds is 8. The maximum absolute atomic E-state index is 12.9. The Bertz CT molecular complexity index is 1320. The number of halogens is 1. The normalized spacial score (nSPS) is 11.3. The summed E-state index contributed by atoms with van der Waals surface area (Å²) in [7, 11) is 0. The van der Waals surface area contributed by atoms with E-state index in [0.29, 0.717) is 39.1 Å². The van der Waals surface area contributed by atoms with Crippen molar-refractivity contribution in [1.29, 1.82) is 0 Å². The second-order valence-electron chi connectivity index (χ2n) is 7.31. The van der Waals surface area contributed by atoms with Crippen molar-refractivity contribution in [3.63, 3.8) is 0 Å². The number of carboxylic acids is 1. The zero-order valence-corrected chi connectivity index (χ0v) is 21.8. The second kappa shape index (κ2) is 12.0. The average Bonchev–Trinajstić information content (AvgIpc) is 2.84. The fourth-order valence-corrected chi connectivity index (χ4v) is 3.40. The summed E-state index contributed by atoms with van der Waals surface area (Å²) in [5.74, 6) is -0.661. The Morgan fingerprint density at radius 1 is 1.00 bits per heavy atom. The zero-order valence-electron chi connectivity index (χ0n) is 19.1. The topological polar surface area (TPSA) is 105 Å². The van der Waals surface area contributed by atoms with Crippen molar-refractivity contribution in [3.8, 4) is 17.4 Å². The van der Waals surface area contributed by atoms with Gasteiger partial charge in [0, 0.05) is 10.7 Å². The summed E-state index contributed by atoms with van der Waals surface area (Å²) < 4.78 is 11.5. The van der Waals surface area contributed by atoms with Gasteiger partial charge in [-0.25, -0.2) is 9.97 Å². The van der Waals surface area contributed by atoms with Crippen LogP contribution < -0.4 is 49.0 Å². The van der Waals surface area contributed by atoms with E-state index in [1.54, 1.807) is 79.7 Å². The number of nitrogens with zero attached hydrogens (tertiary/aromatic N) is 3. The molecule has 10 heteroatoms. The van der Waals surface area contributed by atoms with Gasteiger partial charge in [0.25, 0.3) is 5.91 Å². The van der Waals surface area contributed by atoms with E-state index in [9.17, 15) is 14.7 Å². The zero-order chi connectivity index (χ0) is 24.1. The third kappa shape index (κ3) is 6.93. The minimum atomic E-state index is -1.37. The van der Waals surface area contributed by atoms with Crippen LogP contribution >= 0.6 is 11.6 Å². The molecule has 0 saturated carbocycles. The fourth-order valence-electron chi connectivity index (χ4n) is 3.23. The molecule has 0 radical (unpaired) electrons. The summed E-state index contributed by atoms with van der Waals surface area (Å²) in [6, 6.07) is 20.3. The van der Waals surface area contributed by atoms with Crippen LogP contribution in [0.5, 0.6) is 17.4 Å². The molecule has 4 rings (SSSR count). The largest absolute Gasteiger partial charge is 1.00 e. The molecule has 35 heavy (non-hydrogen) atoms. The molecule has 172 valence electrons. The number of para-hydroxylation sites is 1. The van der Waals surface area contributed by atoms with Crippen LogP contribution in [-0.2, 0) is 9.59 Å². The quantitative estimate of drug-likeness (QED) is 0.327. The maximum Gasteiger partial charge on any atom is 1.00 e. The Hall–Kier alpha value is -3.17. The first-order valence-electron chi connectivity index (χ1n) is 10.3. The van der Waals surface area contributed by atoms with E-state index in [0.717, 1.165) is 4.90 Å². The Morgan fingerprint density at radius 2 is 1.69 bits per heavy atom. The van der Waals surface area contributed by atoms with Gasteiger partial charge >= 0.3 is 29.6 Å². The number of aliphatic carboxylic acids is 1. The van der Waals surface area contributed by atoms with Crippen LogP contribution in [0.2, 0.25) is 5.02 Å². The van der Waals surface area contributed by atoms with Crippen molar-refractivity contribution in [3.05, 3.63) is 84.0 Å². The molecule has 1 heterocycles. The van der Waals surface area contributed by atoms with Gasteiger partial charge in [-0.15, -0.1) is 0 Å². The molecule has 0 N–H and O–H groups in total. The summed E-state index contributed by atoms with van der Waals surface area (Å²) >= 11 is 5.97. The van der Waals surface area contributed by atoms with Crippen LogP contribution in [0.4, 0.5) is 5.69 Å². The molecular weight excluding hydrogens is 481 g/mol. The van der Waals surface area contributed by atoms with Crippen LogP contribution in [0.25, 0.3) is 11.0 Å². The third-order valence-electron chi connectivity index (χ3n) is 4.81.